The van der Waals surface area contributed by atoms with Crippen LogP contribution in [0.5, 0.6) is 5.75 Å². The molecule has 2 heterocycles. The van der Waals surface area contributed by atoms with Crippen molar-refractivity contribution in [1.29, 1.82) is 0 Å². The summed E-state index contributed by atoms with van der Waals surface area (Å²) in [7, 11) is 0. The van der Waals surface area contributed by atoms with E-state index in [-0.39, 0.29) is 18.4 Å². The average molecular weight is 239 g/mol. The number of hydrogen-bond acceptors (Lipinski definition) is 5. The Hall–Kier alpha value is -1.33. The van der Waals surface area contributed by atoms with E-state index in [0.717, 1.165) is 32.1 Å². The molecule has 2 rings (SSSR count). The zero-order valence-corrected chi connectivity index (χ0v) is 9.63. The van der Waals surface area contributed by atoms with E-state index in [1.807, 2.05) is 0 Å². The number of aromatic hydroxyl groups is 1. The van der Waals surface area contributed by atoms with Crippen molar-refractivity contribution >= 4 is 0 Å². The zero-order chi connectivity index (χ0) is 12.3. The van der Waals surface area contributed by atoms with Gasteiger partial charge in [-0.15, -0.1) is 0 Å². The molecule has 1 aromatic heterocycles. The molecule has 0 radical (unpaired) electrons. The first-order valence-corrected chi connectivity index (χ1v) is 5.86. The van der Waals surface area contributed by atoms with E-state index in [0.29, 0.717) is 12.3 Å². The highest BCUT2D eigenvalue weighted by Crippen LogP contribution is 2.19. The predicted molar refractivity (Wildman–Crippen MR) is 61.8 cm³/mol. The van der Waals surface area contributed by atoms with Gasteiger partial charge in [-0.3, -0.25) is 9.69 Å². The number of hydrogen-bond donors (Lipinski definition) is 2. The van der Waals surface area contributed by atoms with Gasteiger partial charge in [0.2, 0.25) is 5.43 Å². The van der Waals surface area contributed by atoms with Crippen molar-refractivity contribution in [1.82, 2.24) is 4.90 Å². The van der Waals surface area contributed by atoms with Gasteiger partial charge in [-0.05, 0) is 19.4 Å². The predicted octanol–water partition coefficient (Wildman–Crippen LogP) is 0.692. The molecule has 0 bridgehead atoms. The van der Waals surface area contributed by atoms with Crippen molar-refractivity contribution in [2.75, 3.05) is 13.2 Å². The second kappa shape index (κ2) is 5.33. The molecule has 1 aliphatic heterocycles. The zero-order valence-electron chi connectivity index (χ0n) is 9.63. The number of rotatable bonds is 3. The van der Waals surface area contributed by atoms with Crippen molar-refractivity contribution in [3.05, 3.63) is 28.3 Å². The van der Waals surface area contributed by atoms with Crippen LogP contribution in [0.1, 0.15) is 25.0 Å². The molecule has 17 heavy (non-hydrogen) atoms. The van der Waals surface area contributed by atoms with Crippen molar-refractivity contribution in [2.45, 2.75) is 31.8 Å². The molecular formula is C12H17NO4. The fourth-order valence-electron chi connectivity index (χ4n) is 2.20. The molecule has 5 nitrogen and oxygen atoms in total. The summed E-state index contributed by atoms with van der Waals surface area (Å²) in [5.41, 5.74) is -0.427. The number of aliphatic hydroxyl groups excluding tert-OH is 1. The lowest BCUT2D eigenvalue weighted by Gasteiger charge is -2.33. The molecule has 1 atom stereocenters. The highest BCUT2D eigenvalue weighted by atomic mass is 16.4. The minimum absolute atomic E-state index is 0.127. The molecule has 1 fully saturated rings. The first kappa shape index (κ1) is 12.1. The number of piperidine rings is 1. The van der Waals surface area contributed by atoms with Crippen LogP contribution in [0.25, 0.3) is 0 Å². The molecule has 5 heteroatoms. The van der Waals surface area contributed by atoms with Crippen LogP contribution in [-0.4, -0.2) is 34.3 Å². The summed E-state index contributed by atoms with van der Waals surface area (Å²) in [4.78, 5) is 13.4. The summed E-state index contributed by atoms with van der Waals surface area (Å²) in [5.74, 6) is 0.152. The van der Waals surface area contributed by atoms with Crippen molar-refractivity contribution in [3.63, 3.8) is 0 Å². The van der Waals surface area contributed by atoms with Crippen LogP contribution in [0, 0.1) is 0 Å². The summed E-state index contributed by atoms with van der Waals surface area (Å²) < 4.78 is 5.16. The van der Waals surface area contributed by atoms with E-state index < -0.39 is 5.43 Å². The van der Waals surface area contributed by atoms with Gasteiger partial charge in [0.1, 0.15) is 12.0 Å². The Bertz CT molecular complexity index is 429. The quantitative estimate of drug-likeness (QED) is 0.812. The van der Waals surface area contributed by atoms with E-state index in [9.17, 15) is 9.90 Å². The Kier molecular flexibility index (Phi) is 3.81. The van der Waals surface area contributed by atoms with Crippen LogP contribution < -0.4 is 5.43 Å². The highest BCUT2D eigenvalue weighted by molar-refractivity contribution is 5.15. The largest absolute Gasteiger partial charge is 0.502 e. The van der Waals surface area contributed by atoms with Gasteiger partial charge in [-0.25, -0.2) is 0 Å². The average Bonchev–Trinajstić information content (AvgIpc) is 2.34. The molecule has 1 unspecified atom stereocenters. The molecule has 2 N–H and O–H groups in total. The normalized spacial score (nSPS) is 21.6. The fourth-order valence-corrected chi connectivity index (χ4v) is 2.20. The minimum Gasteiger partial charge on any atom is -0.502 e. The van der Waals surface area contributed by atoms with E-state index in [2.05, 4.69) is 4.90 Å². The van der Waals surface area contributed by atoms with Gasteiger partial charge in [0, 0.05) is 12.1 Å². The van der Waals surface area contributed by atoms with Crippen LogP contribution in [-0.2, 0) is 6.54 Å². The Labute approximate surface area is 99.3 Å². The van der Waals surface area contributed by atoms with Crippen LogP contribution in [0.3, 0.4) is 0 Å². The third-order valence-corrected chi connectivity index (χ3v) is 3.19. The standard InChI is InChI=1S/C12H17NO4/c14-7-9-3-1-2-4-13(9)6-10-5-11(15)12(16)8-17-10/h5,8-9,14,16H,1-4,6-7H2. The smallest absolute Gasteiger partial charge is 0.226 e. The third-order valence-electron chi connectivity index (χ3n) is 3.19. The third kappa shape index (κ3) is 2.87. The Morgan fingerprint density at radius 2 is 2.29 bits per heavy atom. The van der Waals surface area contributed by atoms with Gasteiger partial charge in [0.25, 0.3) is 0 Å². The molecule has 1 aliphatic rings. The first-order valence-electron chi connectivity index (χ1n) is 5.86. The van der Waals surface area contributed by atoms with Gasteiger partial charge in [-0.2, -0.15) is 0 Å². The maximum atomic E-state index is 11.3. The topological polar surface area (TPSA) is 73.9 Å². The maximum Gasteiger partial charge on any atom is 0.226 e. The minimum atomic E-state index is -0.427. The van der Waals surface area contributed by atoms with E-state index in [1.165, 1.54) is 6.07 Å². The van der Waals surface area contributed by atoms with Crippen molar-refractivity contribution in [3.8, 4) is 5.75 Å². The maximum absolute atomic E-state index is 11.3. The lowest BCUT2D eigenvalue weighted by molar-refractivity contribution is 0.0776. The fraction of sp³-hybridized carbons (Fsp3) is 0.583. The molecule has 94 valence electrons. The molecule has 0 aromatic carbocycles. The summed E-state index contributed by atoms with van der Waals surface area (Å²) in [6.07, 6.45) is 4.26. The Morgan fingerprint density at radius 3 is 3.00 bits per heavy atom. The second-order valence-corrected chi connectivity index (χ2v) is 4.40. The van der Waals surface area contributed by atoms with Crippen LogP contribution in [0.2, 0.25) is 0 Å². The van der Waals surface area contributed by atoms with Gasteiger partial charge >= 0.3 is 0 Å². The first-order chi connectivity index (χ1) is 8.20. The van der Waals surface area contributed by atoms with Gasteiger partial charge in [0.05, 0.1) is 13.2 Å². The monoisotopic (exact) mass is 239 g/mol. The Balaban J connectivity index is 2.08. The number of likely N-dealkylation sites (tertiary alicyclic amines) is 1. The Morgan fingerprint density at radius 1 is 1.47 bits per heavy atom. The molecule has 1 saturated heterocycles. The van der Waals surface area contributed by atoms with E-state index >= 15 is 0 Å². The number of aliphatic hydroxyl groups is 1. The summed E-state index contributed by atoms with van der Waals surface area (Å²) in [6.45, 7) is 1.53. The molecule has 0 saturated carbocycles. The summed E-state index contributed by atoms with van der Waals surface area (Å²) >= 11 is 0. The van der Waals surface area contributed by atoms with Gasteiger partial charge in [0.15, 0.2) is 5.75 Å². The highest BCUT2D eigenvalue weighted by Gasteiger charge is 2.22. The molecular weight excluding hydrogens is 222 g/mol. The lowest BCUT2D eigenvalue weighted by Crippen LogP contribution is -2.41. The van der Waals surface area contributed by atoms with Gasteiger partial charge in [-0.1, -0.05) is 6.42 Å². The van der Waals surface area contributed by atoms with E-state index in [4.69, 9.17) is 9.52 Å². The molecule has 0 aliphatic carbocycles. The summed E-state index contributed by atoms with van der Waals surface area (Å²) in [5, 5.41) is 18.4. The van der Waals surface area contributed by atoms with Crippen LogP contribution >= 0.6 is 0 Å². The molecule has 0 spiro atoms. The van der Waals surface area contributed by atoms with Crippen molar-refractivity contribution < 1.29 is 14.6 Å². The van der Waals surface area contributed by atoms with Crippen molar-refractivity contribution in [2.24, 2.45) is 0 Å². The summed E-state index contributed by atoms with van der Waals surface area (Å²) in [6, 6.07) is 1.45. The number of nitrogens with zero attached hydrogens (tertiary/aromatic N) is 1. The van der Waals surface area contributed by atoms with Gasteiger partial charge < -0.3 is 14.6 Å². The molecule has 0 amide bonds. The van der Waals surface area contributed by atoms with Crippen LogP contribution in [0.4, 0.5) is 0 Å². The lowest BCUT2D eigenvalue weighted by atomic mass is 10.0. The molecule has 1 aromatic rings. The SMILES string of the molecule is O=c1cc(CN2CCCCC2CO)occ1O. The van der Waals surface area contributed by atoms with E-state index in [1.54, 1.807) is 0 Å². The second-order valence-electron chi connectivity index (χ2n) is 4.40. The van der Waals surface area contributed by atoms with Crippen LogP contribution in [0.15, 0.2) is 21.5 Å².